The van der Waals surface area contributed by atoms with E-state index in [2.05, 4.69) is 6.92 Å². The van der Waals surface area contributed by atoms with Crippen LogP contribution in [-0.4, -0.2) is 26.8 Å². The van der Waals surface area contributed by atoms with Gasteiger partial charge in [-0.2, -0.15) is 8.42 Å². The average molecular weight is 279 g/mol. The first kappa shape index (κ1) is 17.9. The van der Waals surface area contributed by atoms with Gasteiger partial charge in [-0.05, 0) is 25.8 Å². The molecule has 0 aliphatic heterocycles. The van der Waals surface area contributed by atoms with E-state index in [-0.39, 0.29) is 11.9 Å². The van der Waals surface area contributed by atoms with Crippen LogP contribution in [0.3, 0.4) is 0 Å². The van der Waals surface area contributed by atoms with E-state index < -0.39 is 10.1 Å². The lowest BCUT2D eigenvalue weighted by molar-refractivity contribution is 0.305. The van der Waals surface area contributed by atoms with Gasteiger partial charge in [0.2, 0.25) is 0 Å². The predicted molar refractivity (Wildman–Crippen MR) is 76.0 cm³/mol. The highest BCUT2D eigenvalue weighted by molar-refractivity contribution is 7.87. The summed E-state index contributed by atoms with van der Waals surface area (Å²) in [5, 5.41) is -0.350. The van der Waals surface area contributed by atoms with Gasteiger partial charge in [0.1, 0.15) is 0 Å². The van der Waals surface area contributed by atoms with Crippen LogP contribution in [0.2, 0.25) is 0 Å². The second-order valence-electron chi connectivity index (χ2n) is 4.69. The smallest absolute Gasteiger partial charge is 0.270 e. The van der Waals surface area contributed by atoms with E-state index in [1.165, 1.54) is 19.3 Å². The molecule has 0 bridgehead atoms. The van der Waals surface area contributed by atoms with E-state index in [4.69, 9.17) is 9.92 Å². The van der Waals surface area contributed by atoms with Crippen LogP contribution in [0.4, 0.5) is 0 Å². The van der Waals surface area contributed by atoms with Crippen LogP contribution in [0, 0.1) is 0 Å². The summed E-state index contributed by atoms with van der Waals surface area (Å²) in [4.78, 5) is 0. The van der Waals surface area contributed by atoms with E-state index in [9.17, 15) is 8.42 Å². The summed E-state index contributed by atoms with van der Waals surface area (Å²) < 4.78 is 28.8. The lowest BCUT2D eigenvalue weighted by atomic mass is 10.1. The first-order valence-corrected chi connectivity index (χ1v) is 8.63. The van der Waals surface area contributed by atoms with Crippen molar-refractivity contribution < 1.29 is 12.6 Å². The number of nitrogens with two attached hydrogens (primary N) is 1. The van der Waals surface area contributed by atoms with Crippen LogP contribution >= 0.6 is 0 Å². The van der Waals surface area contributed by atoms with Crippen molar-refractivity contribution >= 4 is 10.1 Å². The highest BCUT2D eigenvalue weighted by atomic mass is 32.2. The molecule has 0 aliphatic carbocycles. The van der Waals surface area contributed by atoms with Gasteiger partial charge >= 0.3 is 0 Å². The summed E-state index contributed by atoms with van der Waals surface area (Å²) >= 11 is 0. The Kier molecular flexibility index (Phi) is 10.7. The van der Waals surface area contributed by atoms with Gasteiger partial charge in [0.15, 0.2) is 0 Å². The third kappa shape index (κ3) is 8.06. The molecule has 0 amide bonds. The molecule has 0 radical (unpaired) electrons. The SMILES string of the molecule is CCCCCCCC(CC)S(=O)(=O)OCCCN. The molecular weight excluding hydrogens is 250 g/mol. The monoisotopic (exact) mass is 279 g/mol. The number of hydrogen-bond acceptors (Lipinski definition) is 4. The molecule has 0 aromatic carbocycles. The Morgan fingerprint density at radius 3 is 2.28 bits per heavy atom. The van der Waals surface area contributed by atoms with Crippen molar-refractivity contribution in [2.24, 2.45) is 5.73 Å². The predicted octanol–water partition coefficient (Wildman–Crippen LogP) is 2.82. The Balaban J connectivity index is 3.97. The van der Waals surface area contributed by atoms with Crippen molar-refractivity contribution in [3.8, 4) is 0 Å². The molecule has 110 valence electrons. The maximum atomic E-state index is 11.9. The molecule has 18 heavy (non-hydrogen) atoms. The highest BCUT2D eigenvalue weighted by Crippen LogP contribution is 2.17. The maximum absolute atomic E-state index is 11.9. The lowest BCUT2D eigenvalue weighted by Crippen LogP contribution is -2.24. The molecule has 0 fully saturated rings. The fraction of sp³-hybridized carbons (Fsp3) is 1.00. The first-order valence-electron chi connectivity index (χ1n) is 7.16. The molecule has 0 aromatic heterocycles. The molecule has 0 saturated carbocycles. The fourth-order valence-electron chi connectivity index (χ4n) is 1.88. The van der Waals surface area contributed by atoms with Crippen LogP contribution in [0.15, 0.2) is 0 Å². The third-order valence-corrected chi connectivity index (χ3v) is 4.97. The highest BCUT2D eigenvalue weighted by Gasteiger charge is 2.23. The fourth-order valence-corrected chi connectivity index (χ4v) is 3.29. The first-order chi connectivity index (χ1) is 8.58. The average Bonchev–Trinajstić information content (AvgIpc) is 2.33. The van der Waals surface area contributed by atoms with Gasteiger partial charge in [-0.25, -0.2) is 0 Å². The summed E-state index contributed by atoms with van der Waals surface area (Å²) in [5.41, 5.74) is 5.32. The van der Waals surface area contributed by atoms with Crippen LogP contribution in [0.1, 0.15) is 65.2 Å². The molecule has 2 N–H and O–H groups in total. The zero-order chi connectivity index (χ0) is 13.9. The number of rotatable bonds is 12. The summed E-state index contributed by atoms with van der Waals surface area (Å²) in [6.45, 7) is 4.75. The Hall–Kier alpha value is -0.130. The summed E-state index contributed by atoms with van der Waals surface area (Å²) in [7, 11) is -3.39. The second-order valence-corrected chi connectivity index (χ2v) is 6.58. The van der Waals surface area contributed by atoms with Crippen LogP contribution in [0.5, 0.6) is 0 Å². The van der Waals surface area contributed by atoms with Crippen molar-refractivity contribution in [3.05, 3.63) is 0 Å². The van der Waals surface area contributed by atoms with E-state index in [0.717, 1.165) is 12.8 Å². The van der Waals surface area contributed by atoms with Crippen molar-refractivity contribution in [2.45, 2.75) is 70.5 Å². The minimum absolute atomic E-state index is 0.213. The molecule has 0 heterocycles. The zero-order valence-electron chi connectivity index (χ0n) is 11.9. The van der Waals surface area contributed by atoms with Crippen molar-refractivity contribution in [3.63, 3.8) is 0 Å². The zero-order valence-corrected chi connectivity index (χ0v) is 12.7. The molecule has 1 atom stereocenters. The van der Waals surface area contributed by atoms with Crippen molar-refractivity contribution in [1.29, 1.82) is 0 Å². The van der Waals surface area contributed by atoms with Gasteiger partial charge in [-0.15, -0.1) is 0 Å². The van der Waals surface area contributed by atoms with Gasteiger partial charge < -0.3 is 5.73 Å². The second kappa shape index (κ2) is 10.8. The summed E-state index contributed by atoms with van der Waals surface area (Å²) in [6, 6.07) is 0. The Morgan fingerprint density at radius 2 is 1.72 bits per heavy atom. The largest absolute Gasteiger partial charge is 0.330 e. The van der Waals surface area contributed by atoms with Crippen molar-refractivity contribution in [2.75, 3.05) is 13.2 Å². The Bertz CT molecular complexity index is 278. The van der Waals surface area contributed by atoms with Gasteiger partial charge in [0.25, 0.3) is 10.1 Å². The quantitative estimate of drug-likeness (QED) is 0.440. The molecule has 0 spiro atoms. The normalized spacial score (nSPS) is 13.7. The molecular formula is C13H29NO3S. The standard InChI is InChI=1S/C13H29NO3S/c1-3-5-6-7-8-10-13(4-2)18(15,16)17-12-9-11-14/h13H,3-12,14H2,1-2H3. The van der Waals surface area contributed by atoms with E-state index in [0.29, 0.717) is 25.8 Å². The lowest BCUT2D eigenvalue weighted by Gasteiger charge is -2.15. The molecule has 0 aromatic rings. The molecule has 5 heteroatoms. The molecule has 1 unspecified atom stereocenters. The van der Waals surface area contributed by atoms with Crippen molar-refractivity contribution in [1.82, 2.24) is 0 Å². The van der Waals surface area contributed by atoms with E-state index >= 15 is 0 Å². The van der Waals surface area contributed by atoms with Gasteiger partial charge in [-0.1, -0.05) is 46.0 Å². The molecule has 0 saturated heterocycles. The topological polar surface area (TPSA) is 69.4 Å². The molecule has 0 aliphatic rings. The van der Waals surface area contributed by atoms with Crippen LogP contribution in [-0.2, 0) is 14.3 Å². The Morgan fingerprint density at radius 1 is 1.06 bits per heavy atom. The number of hydrogen-bond donors (Lipinski definition) is 1. The maximum Gasteiger partial charge on any atom is 0.270 e. The summed E-state index contributed by atoms with van der Waals surface area (Å²) in [5.74, 6) is 0. The van der Waals surface area contributed by atoms with Gasteiger partial charge in [0.05, 0.1) is 11.9 Å². The Labute approximate surface area is 112 Å². The summed E-state index contributed by atoms with van der Waals surface area (Å²) in [6.07, 6.45) is 7.64. The van der Waals surface area contributed by atoms with Crippen LogP contribution in [0.25, 0.3) is 0 Å². The van der Waals surface area contributed by atoms with Crippen LogP contribution < -0.4 is 5.73 Å². The minimum atomic E-state index is -3.39. The third-order valence-electron chi connectivity index (χ3n) is 3.09. The van der Waals surface area contributed by atoms with Gasteiger partial charge in [0, 0.05) is 0 Å². The van der Waals surface area contributed by atoms with E-state index in [1.54, 1.807) is 0 Å². The minimum Gasteiger partial charge on any atom is -0.330 e. The van der Waals surface area contributed by atoms with E-state index in [1.807, 2.05) is 6.92 Å². The molecule has 4 nitrogen and oxygen atoms in total. The van der Waals surface area contributed by atoms with Gasteiger partial charge in [-0.3, -0.25) is 4.18 Å². The number of unbranched alkanes of at least 4 members (excludes halogenated alkanes) is 4. The molecule has 0 rings (SSSR count).